The normalized spacial score (nSPS) is 16.1. The average molecular weight is 340 g/mol. The quantitative estimate of drug-likeness (QED) is 0.850. The molecule has 1 aliphatic carbocycles. The molecule has 1 amide bonds. The number of amides is 1. The SMILES string of the molecule is COc1ccc(C(=O)N(C)C2CCC(=O)CC2)cc1Br. The first-order chi connectivity index (χ1) is 9.52. The van der Waals surface area contributed by atoms with Crippen molar-refractivity contribution in [3.8, 4) is 5.75 Å². The third kappa shape index (κ3) is 3.20. The van der Waals surface area contributed by atoms with Gasteiger partial charge in [0.25, 0.3) is 5.91 Å². The highest BCUT2D eigenvalue weighted by molar-refractivity contribution is 9.10. The molecule has 108 valence electrons. The lowest BCUT2D eigenvalue weighted by Gasteiger charge is -2.30. The van der Waals surface area contributed by atoms with Crippen LogP contribution in [-0.2, 0) is 4.79 Å². The van der Waals surface area contributed by atoms with E-state index in [1.165, 1.54) is 0 Å². The Morgan fingerprint density at radius 2 is 2.00 bits per heavy atom. The molecule has 0 aliphatic heterocycles. The maximum atomic E-state index is 12.5. The summed E-state index contributed by atoms with van der Waals surface area (Å²) < 4.78 is 5.92. The van der Waals surface area contributed by atoms with Gasteiger partial charge in [-0.25, -0.2) is 0 Å². The topological polar surface area (TPSA) is 46.6 Å². The van der Waals surface area contributed by atoms with Crippen molar-refractivity contribution >= 4 is 27.6 Å². The molecule has 20 heavy (non-hydrogen) atoms. The van der Waals surface area contributed by atoms with Gasteiger partial charge in [-0.05, 0) is 47.0 Å². The number of hydrogen-bond acceptors (Lipinski definition) is 3. The van der Waals surface area contributed by atoms with Crippen molar-refractivity contribution in [3.05, 3.63) is 28.2 Å². The Kier molecular flexibility index (Phi) is 4.81. The minimum atomic E-state index is -0.0206. The Morgan fingerprint density at radius 1 is 1.35 bits per heavy atom. The molecule has 0 unspecified atom stereocenters. The molecule has 1 fully saturated rings. The van der Waals surface area contributed by atoms with Crippen molar-refractivity contribution in [3.63, 3.8) is 0 Å². The van der Waals surface area contributed by atoms with E-state index in [-0.39, 0.29) is 11.9 Å². The van der Waals surface area contributed by atoms with Gasteiger partial charge in [0.05, 0.1) is 11.6 Å². The summed E-state index contributed by atoms with van der Waals surface area (Å²) in [5, 5.41) is 0. The Morgan fingerprint density at radius 3 is 2.55 bits per heavy atom. The first kappa shape index (κ1) is 15.0. The molecule has 0 spiro atoms. The van der Waals surface area contributed by atoms with Crippen LogP contribution < -0.4 is 4.74 Å². The fraction of sp³-hybridized carbons (Fsp3) is 0.467. The zero-order valence-electron chi connectivity index (χ0n) is 11.7. The van der Waals surface area contributed by atoms with E-state index < -0.39 is 0 Å². The van der Waals surface area contributed by atoms with E-state index in [2.05, 4.69) is 15.9 Å². The molecule has 0 N–H and O–H groups in total. The fourth-order valence-electron chi connectivity index (χ4n) is 2.48. The maximum absolute atomic E-state index is 12.5. The summed E-state index contributed by atoms with van der Waals surface area (Å²) in [5.74, 6) is 0.981. The standard InChI is InChI=1S/C15H18BrNO3/c1-17(11-4-6-12(18)7-5-11)15(19)10-3-8-14(20-2)13(16)9-10/h3,8-9,11H,4-7H2,1-2H3. The van der Waals surface area contributed by atoms with Gasteiger partial charge in [-0.15, -0.1) is 0 Å². The summed E-state index contributed by atoms with van der Waals surface area (Å²) >= 11 is 3.39. The van der Waals surface area contributed by atoms with Crippen molar-refractivity contribution in [2.24, 2.45) is 0 Å². The lowest BCUT2D eigenvalue weighted by atomic mass is 9.93. The number of halogens is 1. The molecule has 1 saturated carbocycles. The molecule has 0 heterocycles. The molecule has 0 aromatic heterocycles. The smallest absolute Gasteiger partial charge is 0.253 e. The largest absolute Gasteiger partial charge is 0.496 e. The van der Waals surface area contributed by atoms with Gasteiger partial charge in [0.2, 0.25) is 0 Å². The van der Waals surface area contributed by atoms with Crippen LogP contribution in [0.2, 0.25) is 0 Å². The summed E-state index contributed by atoms with van der Waals surface area (Å²) in [6.45, 7) is 0. The van der Waals surface area contributed by atoms with E-state index in [1.54, 1.807) is 37.3 Å². The highest BCUT2D eigenvalue weighted by Gasteiger charge is 2.26. The van der Waals surface area contributed by atoms with Gasteiger partial charge < -0.3 is 9.64 Å². The van der Waals surface area contributed by atoms with E-state index in [4.69, 9.17) is 4.74 Å². The van der Waals surface area contributed by atoms with Crippen LogP contribution in [0.1, 0.15) is 36.0 Å². The molecule has 4 nitrogen and oxygen atoms in total. The van der Waals surface area contributed by atoms with Crippen LogP contribution in [-0.4, -0.2) is 36.8 Å². The van der Waals surface area contributed by atoms with Gasteiger partial charge in [0, 0.05) is 31.5 Å². The lowest BCUT2D eigenvalue weighted by Crippen LogP contribution is -2.39. The maximum Gasteiger partial charge on any atom is 0.253 e. The third-order valence-corrected chi connectivity index (χ3v) is 4.40. The highest BCUT2D eigenvalue weighted by atomic mass is 79.9. The van der Waals surface area contributed by atoms with Crippen LogP contribution in [0, 0.1) is 0 Å². The zero-order chi connectivity index (χ0) is 14.7. The van der Waals surface area contributed by atoms with Gasteiger partial charge in [-0.1, -0.05) is 0 Å². The van der Waals surface area contributed by atoms with Gasteiger partial charge in [-0.3, -0.25) is 9.59 Å². The number of carbonyl (C=O) groups excluding carboxylic acids is 2. The number of benzene rings is 1. The third-order valence-electron chi connectivity index (χ3n) is 3.78. The van der Waals surface area contributed by atoms with Crippen LogP contribution in [0.25, 0.3) is 0 Å². The second kappa shape index (κ2) is 6.39. The van der Waals surface area contributed by atoms with Crippen LogP contribution >= 0.6 is 15.9 Å². The summed E-state index contributed by atoms with van der Waals surface area (Å²) in [7, 11) is 3.40. The van der Waals surface area contributed by atoms with E-state index in [1.807, 2.05) is 0 Å². The molecule has 2 rings (SSSR count). The van der Waals surface area contributed by atoms with Gasteiger partial charge in [0.15, 0.2) is 0 Å². The molecule has 0 saturated heterocycles. The van der Waals surface area contributed by atoms with Crippen molar-refractivity contribution in [1.29, 1.82) is 0 Å². The van der Waals surface area contributed by atoms with Crippen molar-refractivity contribution in [2.75, 3.05) is 14.2 Å². The van der Waals surface area contributed by atoms with Gasteiger partial charge in [-0.2, -0.15) is 0 Å². The predicted molar refractivity (Wildman–Crippen MR) is 80.1 cm³/mol. The van der Waals surface area contributed by atoms with E-state index in [0.717, 1.165) is 17.3 Å². The number of carbonyl (C=O) groups is 2. The summed E-state index contributed by atoms with van der Waals surface area (Å²) in [5.41, 5.74) is 0.622. The number of methoxy groups -OCH3 is 1. The number of nitrogens with zero attached hydrogens (tertiary/aromatic N) is 1. The minimum absolute atomic E-state index is 0.0206. The van der Waals surface area contributed by atoms with Crippen molar-refractivity contribution in [2.45, 2.75) is 31.7 Å². The number of Topliss-reactive ketones (excluding diaryl/α,β-unsaturated/α-hetero) is 1. The molecular weight excluding hydrogens is 322 g/mol. The lowest BCUT2D eigenvalue weighted by molar-refractivity contribution is -0.121. The van der Waals surface area contributed by atoms with Crippen molar-refractivity contribution in [1.82, 2.24) is 4.90 Å². The van der Waals surface area contributed by atoms with Crippen LogP contribution in [0.5, 0.6) is 5.75 Å². The Balaban J connectivity index is 2.10. The number of ketones is 1. The zero-order valence-corrected chi connectivity index (χ0v) is 13.3. The van der Waals surface area contributed by atoms with E-state index in [0.29, 0.717) is 29.9 Å². The van der Waals surface area contributed by atoms with E-state index >= 15 is 0 Å². The average Bonchev–Trinajstić information content (AvgIpc) is 2.46. The second-order valence-corrected chi connectivity index (χ2v) is 5.89. The Bertz CT molecular complexity index is 520. The number of rotatable bonds is 3. The molecule has 0 atom stereocenters. The monoisotopic (exact) mass is 339 g/mol. The van der Waals surface area contributed by atoms with Gasteiger partial charge >= 0.3 is 0 Å². The summed E-state index contributed by atoms with van der Waals surface area (Å²) in [4.78, 5) is 25.5. The number of ether oxygens (including phenoxy) is 1. The predicted octanol–water partition coefficient (Wildman–Crippen LogP) is 3.04. The van der Waals surface area contributed by atoms with Gasteiger partial charge in [0.1, 0.15) is 11.5 Å². The molecular formula is C15H18BrNO3. The summed E-state index contributed by atoms with van der Waals surface area (Å²) in [6.07, 6.45) is 2.68. The first-order valence-electron chi connectivity index (χ1n) is 6.65. The molecule has 1 aliphatic rings. The van der Waals surface area contributed by atoms with Crippen LogP contribution in [0.4, 0.5) is 0 Å². The second-order valence-electron chi connectivity index (χ2n) is 5.04. The van der Waals surface area contributed by atoms with Crippen LogP contribution in [0.3, 0.4) is 0 Å². The molecule has 0 radical (unpaired) electrons. The molecule has 1 aromatic carbocycles. The minimum Gasteiger partial charge on any atom is -0.496 e. The highest BCUT2D eigenvalue weighted by Crippen LogP contribution is 2.27. The molecule has 1 aromatic rings. The molecule has 0 bridgehead atoms. The fourth-order valence-corrected chi connectivity index (χ4v) is 3.02. The molecule has 5 heteroatoms. The van der Waals surface area contributed by atoms with E-state index in [9.17, 15) is 9.59 Å². The summed E-state index contributed by atoms with van der Waals surface area (Å²) in [6, 6.07) is 5.46. The number of hydrogen-bond donors (Lipinski definition) is 0. The Labute approximate surface area is 127 Å². The first-order valence-corrected chi connectivity index (χ1v) is 7.44. The van der Waals surface area contributed by atoms with Crippen molar-refractivity contribution < 1.29 is 14.3 Å². The Hall–Kier alpha value is -1.36. The van der Waals surface area contributed by atoms with Crippen LogP contribution in [0.15, 0.2) is 22.7 Å².